The van der Waals surface area contributed by atoms with E-state index in [1.54, 1.807) is 60.7 Å². The van der Waals surface area contributed by atoms with Crippen LogP contribution in [0, 0.1) is 11.3 Å². The van der Waals surface area contributed by atoms with E-state index >= 15 is 0 Å². The van der Waals surface area contributed by atoms with Crippen LogP contribution in [-0.2, 0) is 0 Å². The number of hydrogen-bond acceptors (Lipinski definition) is 7. The van der Waals surface area contributed by atoms with Crippen LogP contribution < -0.4 is 19.1 Å². The van der Waals surface area contributed by atoms with Crippen LogP contribution in [0.4, 0.5) is 5.69 Å². The second-order valence-electron chi connectivity index (χ2n) is 8.60. The number of methoxy groups -OCH3 is 1. The van der Waals surface area contributed by atoms with Gasteiger partial charge in [-0.1, -0.05) is 6.07 Å². The Bertz CT molecular complexity index is 1340. The number of nitrogens with zero attached hydrogens (tertiary/aromatic N) is 3. The van der Waals surface area contributed by atoms with Crippen molar-refractivity contribution in [1.29, 1.82) is 5.26 Å². The van der Waals surface area contributed by atoms with Crippen LogP contribution in [-0.4, -0.2) is 50.1 Å². The van der Waals surface area contributed by atoms with E-state index in [1.807, 2.05) is 0 Å². The summed E-state index contributed by atoms with van der Waals surface area (Å²) in [5.74, 6) is 0.854. The van der Waals surface area contributed by atoms with Crippen LogP contribution in [0.25, 0.3) is 0 Å². The number of hydrogen-bond donors (Lipinski definition) is 0. The molecular formula is C28H25N3O5. The van der Waals surface area contributed by atoms with Gasteiger partial charge in [0.05, 0.1) is 35.6 Å². The average Bonchev–Trinajstić information content (AvgIpc) is 3.51. The number of carbonyl (C=O) groups is 2. The predicted octanol–water partition coefficient (Wildman–Crippen LogP) is 4.63. The molecule has 182 valence electrons. The molecule has 2 aliphatic rings. The van der Waals surface area contributed by atoms with Crippen molar-refractivity contribution in [3.05, 3.63) is 77.4 Å². The number of para-hydroxylation sites is 1. The molecule has 0 aliphatic carbocycles. The first kappa shape index (κ1) is 23.4. The van der Waals surface area contributed by atoms with Crippen molar-refractivity contribution in [2.45, 2.75) is 12.8 Å². The first-order chi connectivity index (χ1) is 17.6. The molecule has 2 heterocycles. The van der Waals surface area contributed by atoms with E-state index in [-0.39, 0.29) is 11.1 Å². The number of benzene rings is 3. The molecule has 0 aromatic heterocycles. The Morgan fingerprint density at radius 2 is 1.64 bits per heavy atom. The maximum atomic E-state index is 13.4. The summed E-state index contributed by atoms with van der Waals surface area (Å²) in [4.78, 5) is 30.2. The molecule has 0 atom stereocenters. The third-order valence-electron chi connectivity index (χ3n) is 6.35. The third kappa shape index (κ3) is 4.49. The van der Waals surface area contributed by atoms with Gasteiger partial charge in [-0.2, -0.15) is 5.26 Å². The van der Waals surface area contributed by atoms with Crippen molar-refractivity contribution in [3.63, 3.8) is 0 Å². The number of imide groups is 1. The summed E-state index contributed by atoms with van der Waals surface area (Å²) in [7, 11) is 1.53. The van der Waals surface area contributed by atoms with Crippen molar-refractivity contribution in [2.75, 3.05) is 38.3 Å². The first-order valence-corrected chi connectivity index (χ1v) is 11.8. The Morgan fingerprint density at radius 3 is 2.36 bits per heavy atom. The highest BCUT2D eigenvalue weighted by atomic mass is 16.5. The zero-order valence-corrected chi connectivity index (χ0v) is 19.9. The fraction of sp³-hybridized carbons (Fsp3) is 0.250. The summed E-state index contributed by atoms with van der Waals surface area (Å²) >= 11 is 0. The molecule has 5 rings (SSSR count). The largest absolute Gasteiger partial charge is 0.493 e. The molecule has 8 heteroatoms. The number of anilines is 1. The number of rotatable bonds is 8. The van der Waals surface area contributed by atoms with Gasteiger partial charge in [0.25, 0.3) is 11.8 Å². The van der Waals surface area contributed by atoms with Crippen LogP contribution in [0.1, 0.15) is 39.1 Å². The molecule has 3 aromatic rings. The molecule has 0 unspecified atom stereocenters. The molecule has 1 fully saturated rings. The quantitative estimate of drug-likeness (QED) is 0.431. The molecule has 2 amide bonds. The number of fused-ring (bicyclic) bond motifs is 1. The summed E-state index contributed by atoms with van der Waals surface area (Å²) in [6.07, 6.45) is 2.37. The smallest absolute Gasteiger partial charge is 0.266 e. The van der Waals surface area contributed by atoms with Crippen molar-refractivity contribution < 1.29 is 23.8 Å². The topological polar surface area (TPSA) is 92.1 Å². The lowest BCUT2D eigenvalue weighted by atomic mass is 10.1. The summed E-state index contributed by atoms with van der Waals surface area (Å²) in [6, 6.07) is 18.6. The van der Waals surface area contributed by atoms with Gasteiger partial charge in [0.2, 0.25) is 0 Å². The van der Waals surface area contributed by atoms with Gasteiger partial charge in [0.1, 0.15) is 18.1 Å². The minimum absolute atomic E-state index is 0.247. The zero-order valence-electron chi connectivity index (χ0n) is 19.9. The van der Waals surface area contributed by atoms with Crippen molar-refractivity contribution >= 4 is 17.5 Å². The number of likely N-dealkylation sites (tertiary alicyclic amines) is 1. The van der Waals surface area contributed by atoms with Gasteiger partial charge in [-0.05, 0) is 80.5 Å². The fourth-order valence-electron chi connectivity index (χ4n) is 4.50. The Labute approximate surface area is 209 Å². The standard InChI is InChI=1S/C28H25N3O5/c1-34-25-6-4-5-24(26(25)35-16-15-30-13-2-3-14-30)31-27(32)22-12-11-21(17-23(22)28(31)33)36-20-9-7-19(18-29)8-10-20/h4-12,17H,2-3,13-16H2,1H3. The summed E-state index contributed by atoms with van der Waals surface area (Å²) in [5, 5.41) is 8.96. The lowest BCUT2D eigenvalue weighted by Gasteiger charge is -2.21. The molecule has 0 N–H and O–H groups in total. The van der Waals surface area contributed by atoms with E-state index in [1.165, 1.54) is 20.0 Å². The van der Waals surface area contributed by atoms with E-state index in [4.69, 9.17) is 19.5 Å². The number of nitriles is 1. The minimum atomic E-state index is -0.460. The van der Waals surface area contributed by atoms with Crippen LogP contribution in [0.2, 0.25) is 0 Å². The van der Waals surface area contributed by atoms with Crippen LogP contribution in [0.5, 0.6) is 23.0 Å². The van der Waals surface area contributed by atoms with Gasteiger partial charge in [-0.3, -0.25) is 14.5 Å². The van der Waals surface area contributed by atoms with Crippen molar-refractivity contribution in [1.82, 2.24) is 4.90 Å². The van der Waals surface area contributed by atoms with Gasteiger partial charge in [-0.15, -0.1) is 0 Å². The highest BCUT2D eigenvalue weighted by Gasteiger charge is 2.39. The van der Waals surface area contributed by atoms with Crippen LogP contribution in [0.15, 0.2) is 60.7 Å². The number of ether oxygens (including phenoxy) is 3. The maximum absolute atomic E-state index is 13.4. The summed E-state index contributed by atoms with van der Waals surface area (Å²) in [6.45, 7) is 3.27. The first-order valence-electron chi connectivity index (χ1n) is 11.8. The molecule has 3 aromatic carbocycles. The average molecular weight is 484 g/mol. The highest BCUT2D eigenvalue weighted by Crippen LogP contribution is 2.41. The molecule has 2 aliphatic heterocycles. The van der Waals surface area contributed by atoms with Crippen LogP contribution >= 0.6 is 0 Å². The predicted molar refractivity (Wildman–Crippen MR) is 133 cm³/mol. The SMILES string of the molecule is COc1cccc(N2C(=O)c3ccc(Oc4ccc(C#N)cc4)cc3C2=O)c1OCCN1CCCC1. The summed E-state index contributed by atoms with van der Waals surface area (Å²) < 4.78 is 17.4. The van der Waals surface area contributed by atoms with E-state index in [0.717, 1.165) is 24.5 Å². The Kier molecular flexibility index (Phi) is 6.56. The number of amides is 2. The van der Waals surface area contributed by atoms with Gasteiger partial charge < -0.3 is 14.2 Å². The normalized spacial score (nSPS) is 15.1. The van der Waals surface area contributed by atoms with Gasteiger partial charge in [-0.25, -0.2) is 4.90 Å². The lowest BCUT2D eigenvalue weighted by molar-refractivity contribution is 0.0924. The minimum Gasteiger partial charge on any atom is -0.493 e. The van der Waals surface area contributed by atoms with E-state index in [9.17, 15) is 9.59 Å². The molecule has 0 radical (unpaired) electrons. The van der Waals surface area contributed by atoms with Crippen molar-refractivity contribution in [2.24, 2.45) is 0 Å². The van der Waals surface area contributed by atoms with E-state index in [2.05, 4.69) is 11.0 Å². The number of carbonyl (C=O) groups excluding carboxylic acids is 2. The summed E-state index contributed by atoms with van der Waals surface area (Å²) in [5.41, 5.74) is 1.40. The fourth-order valence-corrected chi connectivity index (χ4v) is 4.50. The zero-order chi connectivity index (χ0) is 25.1. The second kappa shape index (κ2) is 10.1. The third-order valence-corrected chi connectivity index (χ3v) is 6.35. The molecule has 36 heavy (non-hydrogen) atoms. The highest BCUT2D eigenvalue weighted by molar-refractivity contribution is 6.35. The van der Waals surface area contributed by atoms with Gasteiger partial charge >= 0.3 is 0 Å². The maximum Gasteiger partial charge on any atom is 0.266 e. The van der Waals surface area contributed by atoms with Crippen LogP contribution in [0.3, 0.4) is 0 Å². The monoisotopic (exact) mass is 483 g/mol. The Hall–Kier alpha value is -4.35. The molecule has 0 spiro atoms. The van der Waals surface area contributed by atoms with Gasteiger partial charge in [0.15, 0.2) is 11.5 Å². The van der Waals surface area contributed by atoms with Gasteiger partial charge in [0, 0.05) is 6.54 Å². The lowest BCUT2D eigenvalue weighted by Crippen LogP contribution is -2.30. The second-order valence-corrected chi connectivity index (χ2v) is 8.60. The molecule has 1 saturated heterocycles. The van der Waals surface area contributed by atoms with Crippen molar-refractivity contribution in [3.8, 4) is 29.1 Å². The molecular weight excluding hydrogens is 458 g/mol. The molecule has 0 bridgehead atoms. The Morgan fingerprint density at radius 1 is 0.917 bits per heavy atom. The molecule has 8 nitrogen and oxygen atoms in total. The Balaban J connectivity index is 1.39. The van der Waals surface area contributed by atoms with E-state index in [0.29, 0.717) is 40.9 Å². The molecule has 0 saturated carbocycles. The van der Waals surface area contributed by atoms with E-state index < -0.39 is 11.8 Å².